The minimum absolute atomic E-state index is 0.0235. The largest absolute Gasteiger partial charge is 0.411 e. The number of anilines is 1. The quantitative estimate of drug-likeness (QED) is 0.0479. The average molecular weight is 652 g/mol. The number of aliphatic hydroxyl groups excluding tert-OH is 1. The molecule has 3 N–H and O–H groups in total. The minimum Gasteiger partial charge on any atom is -0.411 e. The number of aliphatic hydroxyl groups is 1. The van der Waals surface area contributed by atoms with Crippen LogP contribution in [0.25, 0.3) is 0 Å². The SMILES string of the molecule is CCCCCCCCCCCC(=NO)c1ccccc1.CCCCCCCCCCCC(=O)C1(C)CN(O)N(c2ccccc2)C1O. The van der Waals surface area contributed by atoms with Crippen molar-refractivity contribution in [1.82, 2.24) is 5.17 Å². The highest BCUT2D eigenvalue weighted by molar-refractivity contribution is 6.00. The van der Waals surface area contributed by atoms with Gasteiger partial charge in [0.2, 0.25) is 0 Å². The number of unbranched alkanes of at least 4 members (excludes halogenated alkanes) is 16. The Bertz CT molecular complexity index is 1100. The molecule has 1 fully saturated rings. The van der Waals surface area contributed by atoms with E-state index >= 15 is 0 Å². The van der Waals surface area contributed by atoms with Gasteiger partial charge in [0.05, 0.1) is 23.4 Å². The summed E-state index contributed by atoms with van der Waals surface area (Å²) in [5, 5.41) is 35.9. The number of carbonyl (C=O) groups excluding carboxylic acids is 1. The van der Waals surface area contributed by atoms with E-state index in [2.05, 4.69) is 19.0 Å². The molecule has 0 spiro atoms. The van der Waals surface area contributed by atoms with Crippen LogP contribution >= 0.6 is 0 Å². The van der Waals surface area contributed by atoms with Crippen LogP contribution in [0.5, 0.6) is 0 Å². The summed E-state index contributed by atoms with van der Waals surface area (Å²) in [7, 11) is 0. The number of hydrazine groups is 1. The van der Waals surface area contributed by atoms with E-state index in [0.717, 1.165) is 42.1 Å². The van der Waals surface area contributed by atoms with Crippen molar-refractivity contribution in [2.45, 2.75) is 155 Å². The van der Waals surface area contributed by atoms with Gasteiger partial charge in [-0.3, -0.25) is 15.0 Å². The van der Waals surface area contributed by atoms with E-state index in [1.807, 2.05) is 60.7 Å². The first-order valence-electron chi connectivity index (χ1n) is 18.7. The van der Waals surface area contributed by atoms with E-state index in [0.29, 0.717) is 12.1 Å². The van der Waals surface area contributed by atoms with E-state index in [1.165, 1.54) is 101 Å². The zero-order valence-corrected chi connectivity index (χ0v) is 29.8. The monoisotopic (exact) mass is 651 g/mol. The normalized spacial score (nSPS) is 18.3. The summed E-state index contributed by atoms with van der Waals surface area (Å²) >= 11 is 0. The number of carbonyl (C=O) groups is 1. The zero-order valence-electron chi connectivity index (χ0n) is 29.8. The van der Waals surface area contributed by atoms with Gasteiger partial charge in [0.15, 0.2) is 6.23 Å². The standard InChI is InChI=1S/C22H36N2O3.C18H29NO/c1-3-4-5-6-7-8-9-10-14-17-20(25)22(2)18-23(27)24(21(22)26)19-15-12-11-13-16-19;1-2-3-4-5-6-7-8-9-13-16-18(19-20)17-14-11-10-12-15-17/h11-13,15-16,21,26-27H,3-10,14,17-18H2,1-2H3;10-12,14-15,20H,2-9,13,16H2,1H3. The molecule has 1 aliphatic heterocycles. The van der Waals surface area contributed by atoms with Crippen LogP contribution in [0.15, 0.2) is 65.8 Å². The molecule has 2 aromatic carbocycles. The van der Waals surface area contributed by atoms with Gasteiger partial charge in [-0.05, 0) is 43.9 Å². The molecule has 1 aliphatic rings. The van der Waals surface area contributed by atoms with Crippen LogP contribution in [-0.4, -0.2) is 45.0 Å². The molecule has 1 saturated heterocycles. The van der Waals surface area contributed by atoms with Crippen LogP contribution in [0, 0.1) is 5.41 Å². The Labute approximate surface area is 286 Å². The molecule has 0 aliphatic carbocycles. The maximum atomic E-state index is 12.8. The number of ketones is 1. The van der Waals surface area contributed by atoms with Gasteiger partial charge < -0.3 is 10.3 Å². The first-order valence-corrected chi connectivity index (χ1v) is 18.7. The van der Waals surface area contributed by atoms with Gasteiger partial charge in [-0.25, -0.2) is 0 Å². The molecular formula is C40H65N3O4. The summed E-state index contributed by atoms with van der Waals surface area (Å²) in [5.41, 5.74) is 1.54. The first kappa shape index (κ1) is 40.4. The van der Waals surface area contributed by atoms with E-state index in [-0.39, 0.29) is 12.3 Å². The molecule has 264 valence electrons. The molecule has 2 unspecified atom stereocenters. The van der Waals surface area contributed by atoms with Gasteiger partial charge in [0.1, 0.15) is 5.78 Å². The zero-order chi connectivity index (χ0) is 34.2. The molecule has 3 rings (SSSR count). The van der Waals surface area contributed by atoms with Gasteiger partial charge >= 0.3 is 0 Å². The Hall–Kier alpha value is -2.74. The summed E-state index contributed by atoms with van der Waals surface area (Å²) in [6.07, 6.45) is 23.0. The van der Waals surface area contributed by atoms with Crippen molar-refractivity contribution in [2.24, 2.45) is 10.6 Å². The van der Waals surface area contributed by atoms with E-state index in [1.54, 1.807) is 6.92 Å². The highest BCUT2D eigenvalue weighted by Crippen LogP contribution is 2.38. The maximum Gasteiger partial charge on any atom is 0.157 e. The van der Waals surface area contributed by atoms with Crippen molar-refractivity contribution in [3.05, 3.63) is 66.2 Å². The number of oxime groups is 1. The Morgan fingerprint density at radius 2 is 1.13 bits per heavy atom. The number of Topliss-reactive ketones (excluding diaryl/α,β-unsaturated/α-hetero) is 1. The third-order valence-electron chi connectivity index (χ3n) is 9.43. The van der Waals surface area contributed by atoms with Crippen molar-refractivity contribution in [3.8, 4) is 0 Å². The summed E-state index contributed by atoms with van der Waals surface area (Å²) in [6.45, 7) is 6.35. The van der Waals surface area contributed by atoms with Gasteiger partial charge in [0.25, 0.3) is 0 Å². The van der Waals surface area contributed by atoms with Crippen LogP contribution in [0.2, 0.25) is 0 Å². The molecule has 0 saturated carbocycles. The van der Waals surface area contributed by atoms with Gasteiger partial charge in [-0.1, -0.05) is 175 Å². The van der Waals surface area contributed by atoms with Crippen LogP contribution in [0.4, 0.5) is 5.69 Å². The second-order valence-corrected chi connectivity index (χ2v) is 13.5. The number of hydrogen-bond donors (Lipinski definition) is 3. The third kappa shape index (κ3) is 14.9. The molecule has 0 aromatic heterocycles. The van der Waals surface area contributed by atoms with Gasteiger partial charge in [-0.2, -0.15) is 0 Å². The number of hydrogen-bond acceptors (Lipinski definition) is 7. The molecule has 47 heavy (non-hydrogen) atoms. The Kier molecular flexibility index (Phi) is 21.0. The smallest absolute Gasteiger partial charge is 0.157 e. The summed E-state index contributed by atoms with van der Waals surface area (Å²) in [4.78, 5) is 12.8. The molecule has 0 radical (unpaired) electrons. The minimum atomic E-state index is -1.06. The lowest BCUT2D eigenvalue weighted by molar-refractivity contribution is -0.133. The van der Waals surface area contributed by atoms with Crippen molar-refractivity contribution < 1.29 is 20.3 Å². The number of hydroxylamine groups is 1. The second-order valence-electron chi connectivity index (χ2n) is 13.5. The second kappa shape index (κ2) is 24.4. The van der Waals surface area contributed by atoms with Crippen LogP contribution < -0.4 is 5.01 Å². The lowest BCUT2D eigenvalue weighted by Crippen LogP contribution is -2.44. The van der Waals surface area contributed by atoms with E-state index < -0.39 is 11.6 Å². The van der Waals surface area contributed by atoms with Crippen LogP contribution in [0.1, 0.15) is 155 Å². The summed E-state index contributed by atoms with van der Waals surface area (Å²) in [5.74, 6) is 0.0235. The number of benzene rings is 2. The topological polar surface area (TPSA) is 96.6 Å². The van der Waals surface area contributed by atoms with E-state index in [9.17, 15) is 15.1 Å². The molecule has 0 bridgehead atoms. The fourth-order valence-electron chi connectivity index (χ4n) is 6.30. The highest BCUT2D eigenvalue weighted by atomic mass is 16.6. The molecule has 7 nitrogen and oxygen atoms in total. The molecule has 7 heteroatoms. The van der Waals surface area contributed by atoms with Crippen molar-refractivity contribution in [1.29, 1.82) is 0 Å². The molecular weight excluding hydrogens is 586 g/mol. The van der Waals surface area contributed by atoms with Gasteiger partial charge in [-0.15, -0.1) is 0 Å². The predicted octanol–water partition coefficient (Wildman–Crippen LogP) is 10.7. The Morgan fingerprint density at radius 3 is 1.60 bits per heavy atom. The molecule has 1 heterocycles. The number of para-hydroxylation sites is 1. The third-order valence-corrected chi connectivity index (χ3v) is 9.43. The number of nitrogens with zero attached hydrogens (tertiary/aromatic N) is 3. The summed E-state index contributed by atoms with van der Waals surface area (Å²) < 4.78 is 0. The van der Waals surface area contributed by atoms with Crippen molar-refractivity contribution in [2.75, 3.05) is 11.6 Å². The van der Waals surface area contributed by atoms with Crippen molar-refractivity contribution in [3.63, 3.8) is 0 Å². The fraction of sp³-hybridized carbons (Fsp3) is 0.650. The fourth-order valence-corrected chi connectivity index (χ4v) is 6.30. The predicted molar refractivity (Wildman–Crippen MR) is 195 cm³/mol. The maximum absolute atomic E-state index is 12.8. The molecule has 0 amide bonds. The van der Waals surface area contributed by atoms with Crippen LogP contribution in [0.3, 0.4) is 0 Å². The Balaban J connectivity index is 0.000000343. The lowest BCUT2D eigenvalue weighted by atomic mass is 9.82. The van der Waals surface area contributed by atoms with Gasteiger partial charge in [0, 0.05) is 6.42 Å². The van der Waals surface area contributed by atoms with E-state index in [4.69, 9.17) is 5.21 Å². The summed E-state index contributed by atoms with van der Waals surface area (Å²) in [6, 6.07) is 19.1. The van der Waals surface area contributed by atoms with Crippen LogP contribution in [-0.2, 0) is 4.79 Å². The highest BCUT2D eigenvalue weighted by Gasteiger charge is 2.52. The number of rotatable bonds is 23. The lowest BCUT2D eigenvalue weighted by Gasteiger charge is -2.30. The first-order chi connectivity index (χ1) is 22.9. The van der Waals surface area contributed by atoms with Crippen molar-refractivity contribution >= 4 is 17.2 Å². The molecule has 2 atom stereocenters. The average Bonchev–Trinajstić information content (AvgIpc) is 3.33. The Morgan fingerprint density at radius 1 is 0.702 bits per heavy atom. The molecule has 2 aromatic rings.